The molecule has 3 aliphatic rings. The zero-order valence-electron chi connectivity index (χ0n) is 19.0. The van der Waals surface area contributed by atoms with Crippen LogP contribution in [-0.4, -0.2) is 37.0 Å². The van der Waals surface area contributed by atoms with Crippen molar-refractivity contribution in [1.82, 2.24) is 10.2 Å². The Balaban J connectivity index is 1.61. The van der Waals surface area contributed by atoms with Crippen LogP contribution in [0.4, 0.5) is 20.2 Å². The average Bonchev–Trinajstić information content (AvgIpc) is 3.30. The molecule has 34 heavy (non-hydrogen) atoms. The Morgan fingerprint density at radius 2 is 2.21 bits per heavy atom. The molecular formula is C26H26F2N6. The summed E-state index contributed by atoms with van der Waals surface area (Å²) in [5, 5.41) is 15.7. The smallest absolute Gasteiger partial charge is 0.158 e. The molecule has 2 heterocycles. The third-order valence-corrected chi connectivity index (χ3v) is 5.85. The van der Waals surface area contributed by atoms with Crippen molar-refractivity contribution in [2.24, 2.45) is 4.99 Å². The molecule has 0 bridgehead atoms. The van der Waals surface area contributed by atoms with Crippen molar-refractivity contribution in [3.05, 3.63) is 95.5 Å². The second-order valence-corrected chi connectivity index (χ2v) is 8.15. The lowest BCUT2D eigenvalue weighted by Gasteiger charge is -2.23. The molecular weight excluding hydrogens is 434 g/mol. The normalized spacial score (nSPS) is 17.9. The van der Waals surface area contributed by atoms with Gasteiger partial charge in [-0.3, -0.25) is 0 Å². The summed E-state index contributed by atoms with van der Waals surface area (Å²) in [4.78, 5) is 8.65. The van der Waals surface area contributed by atoms with Gasteiger partial charge in [0.05, 0.1) is 48.5 Å². The van der Waals surface area contributed by atoms with Crippen molar-refractivity contribution >= 4 is 17.1 Å². The van der Waals surface area contributed by atoms with E-state index in [4.69, 9.17) is 4.99 Å². The van der Waals surface area contributed by atoms with E-state index in [2.05, 4.69) is 34.8 Å². The van der Waals surface area contributed by atoms with E-state index in [9.17, 15) is 14.0 Å². The lowest BCUT2D eigenvalue weighted by atomic mass is 10.1. The van der Waals surface area contributed by atoms with Gasteiger partial charge in [-0.1, -0.05) is 25.3 Å². The van der Waals surface area contributed by atoms with Gasteiger partial charge < -0.3 is 20.4 Å². The summed E-state index contributed by atoms with van der Waals surface area (Å²) >= 11 is 0. The zero-order valence-corrected chi connectivity index (χ0v) is 19.0. The van der Waals surface area contributed by atoms with E-state index in [1.807, 2.05) is 19.1 Å². The van der Waals surface area contributed by atoms with Crippen LogP contribution in [0.25, 0.3) is 0 Å². The molecule has 0 fully saturated rings. The Kier molecular flexibility index (Phi) is 6.64. The number of anilines is 2. The maximum Gasteiger partial charge on any atom is 0.158 e. The molecule has 0 unspecified atom stereocenters. The summed E-state index contributed by atoms with van der Waals surface area (Å²) in [6.07, 6.45) is 6.85. The van der Waals surface area contributed by atoms with Gasteiger partial charge in [-0.15, -0.1) is 0 Å². The minimum Gasteiger partial charge on any atom is -0.366 e. The van der Waals surface area contributed by atoms with E-state index < -0.39 is 12.5 Å². The zero-order chi connectivity index (χ0) is 24.2. The number of rotatable bonds is 7. The fraction of sp³-hybridized carbons (Fsp3) is 0.231. The van der Waals surface area contributed by atoms with Crippen molar-refractivity contribution in [3.8, 4) is 6.07 Å². The molecule has 4 rings (SSSR count). The highest BCUT2D eigenvalue weighted by Gasteiger charge is 2.28. The van der Waals surface area contributed by atoms with Gasteiger partial charge >= 0.3 is 0 Å². The number of alkyl halides is 1. The van der Waals surface area contributed by atoms with Gasteiger partial charge in [0.2, 0.25) is 0 Å². The molecule has 1 aromatic carbocycles. The van der Waals surface area contributed by atoms with E-state index in [1.165, 1.54) is 6.08 Å². The molecule has 0 radical (unpaired) electrons. The van der Waals surface area contributed by atoms with E-state index in [1.54, 1.807) is 29.2 Å². The van der Waals surface area contributed by atoms with Crippen molar-refractivity contribution < 1.29 is 8.78 Å². The molecule has 1 aliphatic carbocycles. The van der Waals surface area contributed by atoms with Gasteiger partial charge in [0, 0.05) is 11.3 Å². The van der Waals surface area contributed by atoms with Crippen LogP contribution < -0.4 is 15.5 Å². The molecule has 1 aromatic rings. The first-order valence-electron chi connectivity index (χ1n) is 10.9. The second-order valence-electron chi connectivity index (χ2n) is 8.15. The first-order valence-corrected chi connectivity index (χ1v) is 10.9. The van der Waals surface area contributed by atoms with Gasteiger partial charge in [-0.2, -0.15) is 5.26 Å². The monoisotopic (exact) mass is 460 g/mol. The van der Waals surface area contributed by atoms with Crippen LogP contribution in [0, 0.1) is 11.3 Å². The largest absolute Gasteiger partial charge is 0.366 e. The van der Waals surface area contributed by atoms with Crippen molar-refractivity contribution in [1.29, 1.82) is 5.26 Å². The Morgan fingerprint density at radius 1 is 1.38 bits per heavy atom. The number of hydrogen-bond acceptors (Lipinski definition) is 6. The minimum atomic E-state index is -0.750. The molecule has 0 saturated heterocycles. The number of nitrogens with one attached hydrogen (secondary N) is 2. The maximum atomic E-state index is 14.8. The molecule has 174 valence electrons. The SMILES string of the molecule is C=CC1=C(/N=C(\C)CN2CNc3ccc(C#N)cc32)N(CC2=C(F)C=CCC=C2CF)C(=C)N1. The summed E-state index contributed by atoms with van der Waals surface area (Å²) in [6.45, 7) is 10.2. The van der Waals surface area contributed by atoms with E-state index in [-0.39, 0.29) is 12.1 Å². The van der Waals surface area contributed by atoms with Crippen LogP contribution >= 0.6 is 0 Å². The Hall–Kier alpha value is -4.12. The number of fused-ring (bicyclic) bond motifs is 1. The average molecular weight is 461 g/mol. The number of nitriles is 1. The predicted molar refractivity (Wildman–Crippen MR) is 132 cm³/mol. The molecule has 0 saturated carbocycles. The van der Waals surface area contributed by atoms with E-state index >= 15 is 0 Å². The molecule has 0 amide bonds. The molecule has 8 heteroatoms. The summed E-state index contributed by atoms with van der Waals surface area (Å²) in [6, 6.07) is 7.69. The van der Waals surface area contributed by atoms with Gasteiger partial charge in [0.1, 0.15) is 18.3 Å². The van der Waals surface area contributed by atoms with E-state index in [0.717, 1.165) is 17.1 Å². The number of hydrogen-bond donors (Lipinski definition) is 2. The van der Waals surface area contributed by atoms with Crippen LogP contribution in [0.2, 0.25) is 0 Å². The standard InChI is InChI=1S/C26H26F2N6/c1-4-23-26(31-17(2)14-33-16-30-24-10-9-19(13-29)11-25(24)33)34(18(3)32-23)15-21-20(12-27)7-5-6-8-22(21)28/h4,6-11,30,32H,1,3,5,12,14-16H2,2H3/b31-17+. The lowest BCUT2D eigenvalue weighted by molar-refractivity contribution is 0.454. The number of benzene rings is 1. The molecule has 2 N–H and O–H groups in total. The number of nitrogens with zero attached hydrogens (tertiary/aromatic N) is 4. The molecule has 2 aliphatic heterocycles. The molecule has 0 aromatic heterocycles. The van der Waals surface area contributed by atoms with Crippen molar-refractivity contribution in [2.75, 3.05) is 36.6 Å². The Bertz CT molecular complexity index is 1230. The predicted octanol–water partition coefficient (Wildman–Crippen LogP) is 5.02. The van der Waals surface area contributed by atoms with Crippen molar-refractivity contribution in [3.63, 3.8) is 0 Å². The molecule has 6 nitrogen and oxygen atoms in total. The number of aliphatic imine (C=N–C) groups is 1. The minimum absolute atomic E-state index is 0.0842. The lowest BCUT2D eigenvalue weighted by Crippen LogP contribution is -2.29. The molecule has 0 spiro atoms. The second kappa shape index (κ2) is 9.79. The fourth-order valence-electron chi connectivity index (χ4n) is 4.13. The van der Waals surface area contributed by atoms with Gasteiger partial charge in [0.15, 0.2) is 5.82 Å². The van der Waals surface area contributed by atoms with Gasteiger partial charge in [-0.05, 0) is 49.3 Å². The third kappa shape index (κ3) is 4.50. The van der Waals surface area contributed by atoms with Crippen LogP contribution in [0.5, 0.6) is 0 Å². The summed E-state index contributed by atoms with van der Waals surface area (Å²) in [5.41, 5.74) is 4.53. The summed E-state index contributed by atoms with van der Waals surface area (Å²) in [5.74, 6) is 0.594. The van der Waals surface area contributed by atoms with Gasteiger partial charge in [0.25, 0.3) is 0 Å². The fourth-order valence-corrected chi connectivity index (χ4v) is 4.13. The third-order valence-electron chi connectivity index (χ3n) is 5.85. The van der Waals surface area contributed by atoms with Crippen molar-refractivity contribution in [2.45, 2.75) is 13.3 Å². The van der Waals surface area contributed by atoms with Crippen LogP contribution in [-0.2, 0) is 0 Å². The molecule has 0 atom stereocenters. The first kappa shape index (κ1) is 23.1. The highest BCUT2D eigenvalue weighted by atomic mass is 19.1. The van der Waals surface area contributed by atoms with Crippen LogP contribution in [0.15, 0.2) is 95.0 Å². The van der Waals surface area contributed by atoms with Crippen LogP contribution in [0.3, 0.4) is 0 Å². The van der Waals surface area contributed by atoms with E-state index in [0.29, 0.717) is 48.1 Å². The van der Waals surface area contributed by atoms with Gasteiger partial charge in [-0.25, -0.2) is 13.8 Å². The summed E-state index contributed by atoms with van der Waals surface area (Å²) in [7, 11) is 0. The Morgan fingerprint density at radius 3 is 2.94 bits per heavy atom. The Labute approximate surface area is 198 Å². The quantitative estimate of drug-likeness (QED) is 0.560. The number of halogens is 2. The highest BCUT2D eigenvalue weighted by Crippen LogP contribution is 2.33. The highest BCUT2D eigenvalue weighted by molar-refractivity contribution is 5.90. The van der Waals surface area contributed by atoms with Crippen LogP contribution in [0.1, 0.15) is 18.9 Å². The maximum absolute atomic E-state index is 14.8. The summed E-state index contributed by atoms with van der Waals surface area (Å²) < 4.78 is 28.4. The topological polar surface area (TPSA) is 66.7 Å². The number of allylic oxidation sites excluding steroid dienone is 5. The first-order chi connectivity index (χ1) is 16.4.